The zero-order valence-electron chi connectivity index (χ0n) is 16.4. The molecule has 0 bridgehead atoms. The second-order valence-electron chi connectivity index (χ2n) is 7.41. The van der Waals surface area contributed by atoms with Gasteiger partial charge in [0.05, 0.1) is 11.1 Å². The molecule has 156 valence electrons. The van der Waals surface area contributed by atoms with Gasteiger partial charge in [-0.3, -0.25) is 4.79 Å². The molecule has 0 aromatic heterocycles. The Morgan fingerprint density at radius 2 is 1.86 bits per heavy atom. The lowest BCUT2D eigenvalue weighted by molar-refractivity contribution is -0.125. The van der Waals surface area contributed by atoms with Gasteiger partial charge in [-0.1, -0.05) is 49.7 Å². The average Bonchev–Trinajstić information content (AvgIpc) is 2.70. The van der Waals surface area contributed by atoms with E-state index in [0.29, 0.717) is 26.1 Å². The van der Waals surface area contributed by atoms with Crippen LogP contribution in [0.3, 0.4) is 0 Å². The van der Waals surface area contributed by atoms with Crippen molar-refractivity contribution in [1.82, 2.24) is 0 Å². The first-order chi connectivity index (χ1) is 13.8. The van der Waals surface area contributed by atoms with Crippen molar-refractivity contribution in [2.75, 3.05) is 18.5 Å². The number of halogens is 3. The third-order valence-electron chi connectivity index (χ3n) is 5.29. The number of nitrogens with one attached hydrogen (secondary N) is 1. The van der Waals surface area contributed by atoms with E-state index in [2.05, 4.69) is 23.9 Å². The Morgan fingerprint density at radius 3 is 2.52 bits per heavy atom. The van der Waals surface area contributed by atoms with Crippen LogP contribution >= 0.6 is 11.6 Å². The predicted molar refractivity (Wildman–Crippen MR) is 109 cm³/mol. The predicted octanol–water partition coefficient (Wildman–Crippen LogP) is 5.75. The number of hydrogen-bond acceptors (Lipinski definition) is 3. The number of rotatable bonds is 6. The zero-order valence-corrected chi connectivity index (χ0v) is 17.1. The molecule has 1 N–H and O–H groups in total. The highest BCUT2D eigenvalue weighted by molar-refractivity contribution is 6.30. The maximum absolute atomic E-state index is 13.5. The molecular weight excluding hydrogens is 400 g/mol. The normalized spacial score (nSPS) is 16.1. The van der Waals surface area contributed by atoms with Gasteiger partial charge in [0.15, 0.2) is 5.75 Å². The summed E-state index contributed by atoms with van der Waals surface area (Å²) in [6.45, 7) is 2.03. The summed E-state index contributed by atoms with van der Waals surface area (Å²) >= 11 is 5.91. The summed E-state index contributed by atoms with van der Waals surface area (Å²) in [4.78, 5) is 13.5. The Hall–Kier alpha value is -2.18. The van der Waals surface area contributed by atoms with Gasteiger partial charge in [0.25, 0.3) is 0 Å². The molecule has 0 aliphatic carbocycles. The highest BCUT2D eigenvalue weighted by atomic mass is 35.5. The van der Waals surface area contributed by atoms with Crippen molar-refractivity contribution in [1.29, 1.82) is 0 Å². The molecule has 0 unspecified atom stereocenters. The minimum atomic E-state index is -3.03. The molecule has 29 heavy (non-hydrogen) atoms. The molecule has 2 aromatic rings. The molecule has 7 heteroatoms. The molecule has 4 nitrogen and oxygen atoms in total. The van der Waals surface area contributed by atoms with Crippen LogP contribution in [0.15, 0.2) is 42.5 Å². The molecule has 0 radical (unpaired) electrons. The fourth-order valence-electron chi connectivity index (χ4n) is 3.81. The SMILES string of the molecule is CC(C)c1ccccc1C1(C(=O)Nc2ccc(Cl)cc2OC(F)F)CCOCC1. The Balaban J connectivity index is 2.01. The van der Waals surface area contributed by atoms with Gasteiger partial charge in [-0.15, -0.1) is 0 Å². The van der Waals surface area contributed by atoms with Crippen molar-refractivity contribution in [3.8, 4) is 5.75 Å². The summed E-state index contributed by atoms with van der Waals surface area (Å²) in [6.07, 6.45) is 1.00. The maximum atomic E-state index is 13.5. The van der Waals surface area contributed by atoms with Crippen molar-refractivity contribution in [3.63, 3.8) is 0 Å². The first-order valence-corrected chi connectivity index (χ1v) is 9.94. The summed E-state index contributed by atoms with van der Waals surface area (Å²) in [6, 6.07) is 12.1. The molecule has 1 heterocycles. The van der Waals surface area contributed by atoms with E-state index in [9.17, 15) is 13.6 Å². The van der Waals surface area contributed by atoms with E-state index in [0.717, 1.165) is 11.1 Å². The summed E-state index contributed by atoms with van der Waals surface area (Å²) < 4.78 is 35.7. The van der Waals surface area contributed by atoms with Gasteiger partial charge in [-0.05, 0) is 42.0 Å². The van der Waals surface area contributed by atoms with Crippen molar-refractivity contribution in [2.24, 2.45) is 0 Å². The van der Waals surface area contributed by atoms with E-state index in [-0.39, 0.29) is 28.3 Å². The van der Waals surface area contributed by atoms with Gasteiger partial charge < -0.3 is 14.8 Å². The van der Waals surface area contributed by atoms with Crippen LogP contribution in [0.25, 0.3) is 0 Å². The quantitative estimate of drug-likeness (QED) is 0.643. The standard InChI is InChI=1S/C22H24ClF2NO3/c1-14(2)16-5-3-4-6-17(16)22(9-11-28-12-10-22)20(27)26-18-8-7-15(23)13-19(18)29-21(24)25/h3-8,13-14,21H,9-12H2,1-2H3,(H,26,27). The van der Waals surface area contributed by atoms with Crippen LogP contribution < -0.4 is 10.1 Å². The largest absolute Gasteiger partial charge is 0.433 e. The highest BCUT2D eigenvalue weighted by Gasteiger charge is 2.43. The van der Waals surface area contributed by atoms with Crippen LogP contribution in [0.5, 0.6) is 5.75 Å². The second kappa shape index (κ2) is 9.09. The minimum absolute atomic E-state index is 0.160. The molecule has 0 atom stereocenters. The molecule has 3 rings (SSSR count). The molecule has 1 aliphatic heterocycles. The van der Waals surface area contributed by atoms with Gasteiger partial charge in [0, 0.05) is 24.3 Å². The summed E-state index contributed by atoms with van der Waals surface area (Å²) in [5.41, 5.74) is 1.37. The Bertz CT molecular complexity index is 867. The Kier molecular flexibility index (Phi) is 6.75. The molecule has 0 saturated carbocycles. The molecular formula is C22H24ClF2NO3. The molecule has 0 spiro atoms. The summed E-state index contributed by atoms with van der Waals surface area (Å²) in [5, 5.41) is 3.05. The number of carbonyl (C=O) groups is 1. The third kappa shape index (κ3) is 4.70. The van der Waals surface area contributed by atoms with Gasteiger partial charge >= 0.3 is 6.61 Å². The van der Waals surface area contributed by atoms with E-state index >= 15 is 0 Å². The topological polar surface area (TPSA) is 47.6 Å². The first kappa shape index (κ1) is 21.5. The lowest BCUT2D eigenvalue weighted by Crippen LogP contribution is -2.45. The number of ether oxygens (including phenoxy) is 2. The number of anilines is 1. The Morgan fingerprint density at radius 1 is 1.17 bits per heavy atom. The monoisotopic (exact) mass is 423 g/mol. The second-order valence-corrected chi connectivity index (χ2v) is 7.85. The lowest BCUT2D eigenvalue weighted by atomic mass is 9.70. The van der Waals surface area contributed by atoms with Gasteiger partial charge in [0.1, 0.15) is 0 Å². The van der Waals surface area contributed by atoms with Crippen LogP contribution in [0.1, 0.15) is 43.7 Å². The van der Waals surface area contributed by atoms with E-state index in [1.807, 2.05) is 24.3 Å². The average molecular weight is 424 g/mol. The van der Waals surface area contributed by atoms with E-state index in [1.165, 1.54) is 18.2 Å². The first-order valence-electron chi connectivity index (χ1n) is 9.56. The van der Waals surface area contributed by atoms with E-state index in [4.69, 9.17) is 16.3 Å². The number of hydrogen-bond donors (Lipinski definition) is 1. The van der Waals surface area contributed by atoms with Gasteiger partial charge in [0.2, 0.25) is 5.91 Å². The van der Waals surface area contributed by atoms with Gasteiger partial charge in [-0.25, -0.2) is 0 Å². The molecule has 1 amide bonds. The maximum Gasteiger partial charge on any atom is 0.387 e. The van der Waals surface area contributed by atoms with Crippen molar-refractivity contribution < 1.29 is 23.0 Å². The highest BCUT2D eigenvalue weighted by Crippen LogP contribution is 2.41. The molecule has 1 fully saturated rings. The molecule has 1 saturated heterocycles. The fraction of sp³-hybridized carbons (Fsp3) is 0.409. The van der Waals surface area contributed by atoms with Crippen molar-refractivity contribution >= 4 is 23.2 Å². The molecule has 1 aliphatic rings. The van der Waals surface area contributed by atoms with Crippen LogP contribution in [0, 0.1) is 0 Å². The fourth-order valence-corrected chi connectivity index (χ4v) is 3.97. The van der Waals surface area contributed by atoms with Crippen LogP contribution in [0.4, 0.5) is 14.5 Å². The number of benzene rings is 2. The Labute approximate surface area is 174 Å². The third-order valence-corrected chi connectivity index (χ3v) is 5.52. The summed E-state index contributed by atoms with van der Waals surface area (Å²) in [5.74, 6) is -0.206. The molecule has 2 aromatic carbocycles. The lowest BCUT2D eigenvalue weighted by Gasteiger charge is -2.38. The van der Waals surface area contributed by atoms with E-state index < -0.39 is 12.0 Å². The zero-order chi connectivity index (χ0) is 21.0. The summed E-state index contributed by atoms with van der Waals surface area (Å²) in [7, 11) is 0. The van der Waals surface area contributed by atoms with Gasteiger partial charge in [-0.2, -0.15) is 8.78 Å². The van der Waals surface area contributed by atoms with Crippen molar-refractivity contribution in [3.05, 3.63) is 58.6 Å². The van der Waals surface area contributed by atoms with Crippen molar-refractivity contribution in [2.45, 2.75) is 44.6 Å². The number of alkyl halides is 2. The number of carbonyl (C=O) groups excluding carboxylic acids is 1. The van der Waals surface area contributed by atoms with Crippen LogP contribution in [-0.4, -0.2) is 25.7 Å². The smallest absolute Gasteiger partial charge is 0.387 e. The van der Waals surface area contributed by atoms with Crippen LogP contribution in [0.2, 0.25) is 5.02 Å². The minimum Gasteiger partial charge on any atom is -0.433 e. The van der Waals surface area contributed by atoms with E-state index in [1.54, 1.807) is 0 Å². The van der Waals surface area contributed by atoms with Crippen LogP contribution in [-0.2, 0) is 14.9 Å². The number of amides is 1.